The van der Waals surface area contributed by atoms with Crippen molar-refractivity contribution in [2.45, 2.75) is 57.0 Å². The maximum absolute atomic E-state index is 10.3. The van der Waals surface area contributed by atoms with Gasteiger partial charge in [-0.25, -0.2) is 0 Å². The molecule has 1 atom stereocenters. The second-order valence-electron chi connectivity index (χ2n) is 10.7. The molecule has 0 spiro atoms. The number of fused-ring (bicyclic) bond motifs is 3. The molecule has 4 aliphatic rings. The van der Waals surface area contributed by atoms with Crippen LogP contribution in [0, 0.1) is 5.92 Å². The van der Waals surface area contributed by atoms with E-state index in [9.17, 15) is 5.11 Å². The van der Waals surface area contributed by atoms with Crippen molar-refractivity contribution in [2.75, 3.05) is 56.0 Å². The molecular formula is C27H38N6O. The molecule has 0 unspecified atom stereocenters. The molecule has 3 fully saturated rings. The first kappa shape index (κ1) is 22.1. The number of aromatic nitrogens is 2. The van der Waals surface area contributed by atoms with Crippen LogP contribution in [0.25, 0.3) is 11.3 Å². The molecule has 3 aliphatic heterocycles. The van der Waals surface area contributed by atoms with Crippen LogP contribution in [0.4, 0.5) is 11.5 Å². The molecule has 0 radical (unpaired) electrons. The SMILES string of the molecule is Oc1ccccc1-c1cc2c(nn1)NC[C@H]1CN(CC3CCN(C4CCCCC4)CC3)CCN21. The number of piperidine rings is 1. The highest BCUT2D eigenvalue weighted by atomic mass is 16.3. The van der Waals surface area contributed by atoms with Gasteiger partial charge in [-0.3, -0.25) is 4.90 Å². The summed E-state index contributed by atoms with van der Waals surface area (Å²) in [4.78, 5) is 8.01. The zero-order valence-electron chi connectivity index (χ0n) is 20.2. The molecule has 6 rings (SSSR count). The Morgan fingerprint density at radius 2 is 1.74 bits per heavy atom. The molecule has 2 saturated heterocycles. The van der Waals surface area contributed by atoms with E-state index in [2.05, 4.69) is 36.3 Å². The average Bonchev–Trinajstić information content (AvgIpc) is 2.89. The summed E-state index contributed by atoms with van der Waals surface area (Å²) in [5.41, 5.74) is 2.58. The Morgan fingerprint density at radius 3 is 2.56 bits per heavy atom. The van der Waals surface area contributed by atoms with E-state index in [4.69, 9.17) is 0 Å². The summed E-state index contributed by atoms with van der Waals surface area (Å²) in [5, 5.41) is 22.6. The summed E-state index contributed by atoms with van der Waals surface area (Å²) >= 11 is 0. The van der Waals surface area contributed by atoms with E-state index in [1.165, 1.54) is 64.6 Å². The Kier molecular flexibility index (Phi) is 6.31. The van der Waals surface area contributed by atoms with Crippen LogP contribution in [-0.4, -0.2) is 83.0 Å². The molecule has 1 aliphatic carbocycles. The highest BCUT2D eigenvalue weighted by Gasteiger charge is 2.34. The molecule has 34 heavy (non-hydrogen) atoms. The Labute approximate surface area is 203 Å². The van der Waals surface area contributed by atoms with Gasteiger partial charge in [0.2, 0.25) is 0 Å². The van der Waals surface area contributed by atoms with Gasteiger partial charge in [0.25, 0.3) is 0 Å². The number of rotatable bonds is 4. The lowest BCUT2D eigenvalue weighted by Gasteiger charge is -2.47. The highest BCUT2D eigenvalue weighted by Crippen LogP contribution is 2.36. The number of benzene rings is 1. The minimum absolute atomic E-state index is 0.247. The molecular weight excluding hydrogens is 424 g/mol. The van der Waals surface area contributed by atoms with Crippen molar-refractivity contribution in [3.8, 4) is 17.0 Å². The van der Waals surface area contributed by atoms with Gasteiger partial charge in [0, 0.05) is 44.3 Å². The largest absolute Gasteiger partial charge is 0.507 e. The quantitative estimate of drug-likeness (QED) is 0.716. The van der Waals surface area contributed by atoms with Crippen LogP contribution in [0.1, 0.15) is 44.9 Å². The summed E-state index contributed by atoms with van der Waals surface area (Å²) in [6.45, 7) is 7.99. The second kappa shape index (κ2) is 9.70. The van der Waals surface area contributed by atoms with Crippen molar-refractivity contribution in [3.05, 3.63) is 30.3 Å². The number of hydrogen-bond donors (Lipinski definition) is 2. The predicted molar refractivity (Wildman–Crippen MR) is 136 cm³/mol. The number of aromatic hydroxyl groups is 1. The summed E-state index contributed by atoms with van der Waals surface area (Å²) in [6, 6.07) is 10.8. The molecule has 7 nitrogen and oxygen atoms in total. The van der Waals surface area contributed by atoms with E-state index in [1.54, 1.807) is 6.07 Å². The minimum Gasteiger partial charge on any atom is -0.507 e. The van der Waals surface area contributed by atoms with E-state index in [-0.39, 0.29) is 5.75 Å². The standard InChI is InChI=1S/C27H38N6O/c34-26-9-5-4-8-23(26)24-16-25-27(30-29-24)28-17-22-19-31(14-15-33(22)25)18-20-10-12-32(13-11-20)21-6-2-1-3-7-21/h4-5,8-9,16,20-22,34H,1-3,6-7,10-15,17-19H2,(H,28,30)/t22-/m0/s1. The van der Waals surface area contributed by atoms with Gasteiger partial charge in [-0.1, -0.05) is 31.4 Å². The van der Waals surface area contributed by atoms with Crippen molar-refractivity contribution < 1.29 is 5.11 Å². The Morgan fingerprint density at radius 1 is 0.912 bits per heavy atom. The van der Waals surface area contributed by atoms with Crippen molar-refractivity contribution in [1.82, 2.24) is 20.0 Å². The zero-order valence-corrected chi connectivity index (χ0v) is 20.2. The number of hydrogen-bond acceptors (Lipinski definition) is 7. The summed E-state index contributed by atoms with van der Waals surface area (Å²) < 4.78 is 0. The van der Waals surface area contributed by atoms with Gasteiger partial charge in [-0.15, -0.1) is 10.2 Å². The molecule has 2 aromatic rings. The first-order valence-corrected chi connectivity index (χ1v) is 13.4. The maximum atomic E-state index is 10.3. The number of nitrogens with one attached hydrogen (secondary N) is 1. The highest BCUT2D eigenvalue weighted by molar-refractivity contribution is 5.76. The van der Waals surface area contributed by atoms with E-state index >= 15 is 0 Å². The number of para-hydroxylation sites is 1. The number of piperazine rings is 1. The lowest BCUT2D eigenvalue weighted by Crippen LogP contribution is -2.58. The lowest BCUT2D eigenvalue weighted by atomic mass is 9.89. The van der Waals surface area contributed by atoms with Crippen LogP contribution in [0.5, 0.6) is 5.75 Å². The smallest absolute Gasteiger partial charge is 0.172 e. The van der Waals surface area contributed by atoms with Gasteiger partial charge in [0.05, 0.1) is 17.4 Å². The summed E-state index contributed by atoms with van der Waals surface area (Å²) in [5.74, 6) is 1.95. The van der Waals surface area contributed by atoms with Gasteiger partial charge < -0.3 is 20.2 Å². The van der Waals surface area contributed by atoms with Crippen LogP contribution < -0.4 is 10.2 Å². The maximum Gasteiger partial charge on any atom is 0.172 e. The molecule has 2 N–H and O–H groups in total. The average molecular weight is 463 g/mol. The topological polar surface area (TPSA) is 67.8 Å². The van der Waals surface area contributed by atoms with E-state index < -0.39 is 0 Å². The fraction of sp³-hybridized carbons (Fsp3) is 0.630. The predicted octanol–water partition coefficient (Wildman–Crippen LogP) is 3.81. The number of phenolic OH excluding ortho intramolecular Hbond substituents is 1. The first-order chi connectivity index (χ1) is 16.7. The third kappa shape index (κ3) is 4.48. The normalized spacial score (nSPS) is 24.9. The molecule has 7 heteroatoms. The lowest BCUT2D eigenvalue weighted by molar-refractivity contribution is 0.0870. The zero-order chi connectivity index (χ0) is 22.9. The van der Waals surface area contributed by atoms with Crippen molar-refractivity contribution >= 4 is 11.5 Å². The van der Waals surface area contributed by atoms with Crippen molar-refractivity contribution in [3.63, 3.8) is 0 Å². The molecule has 0 amide bonds. The van der Waals surface area contributed by atoms with Gasteiger partial charge in [0.15, 0.2) is 5.82 Å². The Balaban J connectivity index is 1.07. The van der Waals surface area contributed by atoms with Crippen LogP contribution in [0.15, 0.2) is 30.3 Å². The van der Waals surface area contributed by atoms with Gasteiger partial charge in [-0.2, -0.15) is 0 Å². The molecule has 1 aromatic heterocycles. The third-order valence-corrected chi connectivity index (χ3v) is 8.59. The van der Waals surface area contributed by atoms with E-state index in [1.807, 2.05) is 18.2 Å². The van der Waals surface area contributed by atoms with Crippen LogP contribution in [-0.2, 0) is 0 Å². The summed E-state index contributed by atoms with van der Waals surface area (Å²) in [7, 11) is 0. The number of nitrogens with zero attached hydrogens (tertiary/aromatic N) is 5. The van der Waals surface area contributed by atoms with Gasteiger partial charge in [-0.05, 0) is 62.9 Å². The molecule has 0 bridgehead atoms. The van der Waals surface area contributed by atoms with Gasteiger partial charge >= 0.3 is 0 Å². The fourth-order valence-corrected chi connectivity index (χ4v) is 6.65. The number of anilines is 2. The minimum atomic E-state index is 0.247. The van der Waals surface area contributed by atoms with Crippen molar-refractivity contribution in [2.24, 2.45) is 5.92 Å². The third-order valence-electron chi connectivity index (χ3n) is 8.59. The monoisotopic (exact) mass is 462 g/mol. The second-order valence-corrected chi connectivity index (χ2v) is 10.7. The number of phenols is 1. The molecule has 1 aromatic carbocycles. The van der Waals surface area contributed by atoms with E-state index in [0.29, 0.717) is 6.04 Å². The molecule has 4 heterocycles. The van der Waals surface area contributed by atoms with Crippen LogP contribution >= 0.6 is 0 Å². The molecule has 1 saturated carbocycles. The number of likely N-dealkylation sites (tertiary alicyclic amines) is 1. The Hall–Kier alpha value is -2.38. The molecule has 182 valence electrons. The van der Waals surface area contributed by atoms with Crippen LogP contribution in [0.2, 0.25) is 0 Å². The first-order valence-electron chi connectivity index (χ1n) is 13.4. The fourth-order valence-electron chi connectivity index (χ4n) is 6.65. The van der Waals surface area contributed by atoms with Gasteiger partial charge in [0.1, 0.15) is 5.75 Å². The van der Waals surface area contributed by atoms with Crippen molar-refractivity contribution in [1.29, 1.82) is 0 Å². The van der Waals surface area contributed by atoms with E-state index in [0.717, 1.165) is 60.9 Å². The van der Waals surface area contributed by atoms with Crippen LogP contribution in [0.3, 0.4) is 0 Å². The summed E-state index contributed by atoms with van der Waals surface area (Å²) in [6.07, 6.45) is 9.91. The Bertz CT molecular complexity index is 985.